The van der Waals surface area contributed by atoms with Crippen molar-refractivity contribution in [2.45, 2.75) is 6.54 Å². The van der Waals surface area contributed by atoms with E-state index in [0.29, 0.717) is 23.0 Å². The predicted molar refractivity (Wildman–Crippen MR) is 111 cm³/mol. The van der Waals surface area contributed by atoms with Crippen LogP contribution in [0, 0.1) is 0 Å². The fraction of sp³-hybridized carbons (Fsp3) is 0.286. The molecule has 0 spiro atoms. The first-order chi connectivity index (χ1) is 13.2. The second kappa shape index (κ2) is 7.89. The summed E-state index contributed by atoms with van der Waals surface area (Å²) in [5.74, 6) is 0.919. The molecule has 1 aliphatic rings. The molecule has 1 saturated heterocycles. The van der Waals surface area contributed by atoms with Crippen LogP contribution in [-0.2, 0) is 6.54 Å². The molecular formula is C21H21ClN2O2S. The minimum atomic E-state index is 0.0437. The Morgan fingerprint density at radius 2 is 1.89 bits per heavy atom. The number of nitrogens with zero attached hydrogens (tertiary/aromatic N) is 2. The Labute approximate surface area is 167 Å². The molecule has 1 aromatic heterocycles. The van der Waals surface area contributed by atoms with E-state index in [2.05, 4.69) is 17.0 Å². The maximum absolute atomic E-state index is 13.0. The van der Waals surface area contributed by atoms with Crippen LogP contribution in [0.5, 0.6) is 5.75 Å². The highest BCUT2D eigenvalue weighted by atomic mass is 35.5. The summed E-state index contributed by atoms with van der Waals surface area (Å²) < 4.78 is 6.35. The minimum Gasteiger partial charge on any atom is -0.497 e. The van der Waals surface area contributed by atoms with E-state index in [9.17, 15) is 4.79 Å². The highest BCUT2D eigenvalue weighted by Gasteiger charge is 2.26. The van der Waals surface area contributed by atoms with Gasteiger partial charge in [-0.1, -0.05) is 41.9 Å². The molecule has 0 unspecified atom stereocenters. The summed E-state index contributed by atoms with van der Waals surface area (Å²) in [7, 11) is 1.68. The van der Waals surface area contributed by atoms with Gasteiger partial charge in [0.2, 0.25) is 0 Å². The molecule has 0 N–H and O–H groups in total. The number of thiophene rings is 1. The zero-order valence-corrected chi connectivity index (χ0v) is 16.7. The fourth-order valence-corrected chi connectivity index (χ4v) is 4.91. The lowest BCUT2D eigenvalue weighted by atomic mass is 10.2. The molecule has 1 amide bonds. The number of hydrogen-bond acceptors (Lipinski definition) is 4. The summed E-state index contributed by atoms with van der Waals surface area (Å²) >= 11 is 7.96. The van der Waals surface area contributed by atoms with E-state index in [1.807, 2.05) is 41.3 Å². The number of rotatable bonds is 4. The number of piperazine rings is 1. The normalized spacial score (nSPS) is 15.3. The van der Waals surface area contributed by atoms with Gasteiger partial charge in [0.25, 0.3) is 5.91 Å². The summed E-state index contributed by atoms with van der Waals surface area (Å²) in [6.07, 6.45) is 0. The smallest absolute Gasteiger partial charge is 0.265 e. The van der Waals surface area contributed by atoms with Gasteiger partial charge in [-0.25, -0.2) is 0 Å². The topological polar surface area (TPSA) is 32.8 Å². The second-order valence-electron chi connectivity index (χ2n) is 6.66. The van der Waals surface area contributed by atoms with Crippen molar-refractivity contribution in [1.29, 1.82) is 0 Å². The maximum atomic E-state index is 13.0. The number of benzene rings is 2. The molecule has 0 bridgehead atoms. The van der Waals surface area contributed by atoms with Gasteiger partial charge < -0.3 is 9.64 Å². The Hall–Kier alpha value is -2.08. The molecule has 0 radical (unpaired) electrons. The van der Waals surface area contributed by atoms with Gasteiger partial charge >= 0.3 is 0 Å². The number of hydrogen-bond donors (Lipinski definition) is 0. The Morgan fingerprint density at radius 1 is 1.11 bits per heavy atom. The molecule has 0 saturated carbocycles. The van der Waals surface area contributed by atoms with Crippen molar-refractivity contribution >= 4 is 38.9 Å². The van der Waals surface area contributed by atoms with Gasteiger partial charge in [-0.2, -0.15) is 0 Å². The van der Waals surface area contributed by atoms with Crippen molar-refractivity contribution < 1.29 is 9.53 Å². The third-order valence-corrected chi connectivity index (χ3v) is 6.59. The van der Waals surface area contributed by atoms with E-state index in [1.165, 1.54) is 16.9 Å². The van der Waals surface area contributed by atoms with E-state index in [1.54, 1.807) is 7.11 Å². The standard InChI is InChI=1S/C21H21ClN2O2S/c1-26-16-6-4-5-15(13-16)14-23-9-11-24(12-10-23)21(25)20-19(22)17-7-2-3-8-18(17)27-20/h2-8,13H,9-12,14H2,1H3. The Balaban J connectivity index is 1.41. The second-order valence-corrected chi connectivity index (χ2v) is 8.09. The van der Waals surface area contributed by atoms with Gasteiger partial charge in [0.15, 0.2) is 0 Å². The van der Waals surface area contributed by atoms with Gasteiger partial charge in [0.05, 0.1) is 12.1 Å². The molecule has 0 atom stereocenters. The van der Waals surface area contributed by atoms with Crippen LogP contribution in [0.15, 0.2) is 48.5 Å². The van der Waals surface area contributed by atoms with Crippen molar-refractivity contribution in [3.8, 4) is 5.75 Å². The molecule has 2 aromatic carbocycles. The highest BCUT2D eigenvalue weighted by Crippen LogP contribution is 2.36. The number of fused-ring (bicyclic) bond motifs is 1. The molecule has 6 heteroatoms. The van der Waals surface area contributed by atoms with Crippen LogP contribution < -0.4 is 4.74 Å². The first kappa shape index (κ1) is 18.3. The van der Waals surface area contributed by atoms with Crippen LogP contribution in [0.3, 0.4) is 0 Å². The first-order valence-electron chi connectivity index (χ1n) is 8.97. The van der Waals surface area contributed by atoms with E-state index in [-0.39, 0.29) is 5.91 Å². The number of methoxy groups -OCH3 is 1. The van der Waals surface area contributed by atoms with Crippen molar-refractivity contribution in [1.82, 2.24) is 9.80 Å². The van der Waals surface area contributed by atoms with Gasteiger partial charge in [0.1, 0.15) is 10.6 Å². The van der Waals surface area contributed by atoms with Crippen LogP contribution in [0.2, 0.25) is 5.02 Å². The summed E-state index contributed by atoms with van der Waals surface area (Å²) in [5, 5.41) is 1.54. The van der Waals surface area contributed by atoms with E-state index in [0.717, 1.165) is 35.5 Å². The number of carbonyl (C=O) groups is 1. The SMILES string of the molecule is COc1cccc(CN2CCN(C(=O)c3sc4ccccc4c3Cl)CC2)c1. The molecule has 2 heterocycles. The molecule has 1 aliphatic heterocycles. The molecule has 4 nitrogen and oxygen atoms in total. The van der Waals surface area contributed by atoms with Crippen LogP contribution in [0.25, 0.3) is 10.1 Å². The predicted octanol–water partition coefficient (Wildman–Crippen LogP) is 4.52. The molecule has 4 rings (SSSR count). The van der Waals surface area contributed by atoms with Crippen LogP contribution in [0.4, 0.5) is 0 Å². The maximum Gasteiger partial charge on any atom is 0.265 e. The number of carbonyl (C=O) groups excluding carboxylic acids is 1. The number of halogens is 1. The highest BCUT2D eigenvalue weighted by molar-refractivity contribution is 7.21. The molecular weight excluding hydrogens is 380 g/mol. The lowest BCUT2D eigenvalue weighted by molar-refractivity contribution is 0.0633. The van der Waals surface area contributed by atoms with Crippen LogP contribution in [0.1, 0.15) is 15.2 Å². The molecule has 3 aromatic rings. The Kier molecular flexibility index (Phi) is 5.34. The third-order valence-electron chi connectivity index (χ3n) is 4.93. The average Bonchev–Trinajstić information content (AvgIpc) is 3.05. The molecule has 1 fully saturated rings. The van der Waals surface area contributed by atoms with Crippen molar-refractivity contribution in [3.63, 3.8) is 0 Å². The van der Waals surface area contributed by atoms with Gasteiger partial charge in [-0.15, -0.1) is 11.3 Å². The Morgan fingerprint density at radius 3 is 2.63 bits per heavy atom. The number of amides is 1. The van der Waals surface area contributed by atoms with Gasteiger partial charge in [0, 0.05) is 42.8 Å². The van der Waals surface area contributed by atoms with Gasteiger partial charge in [-0.3, -0.25) is 9.69 Å². The van der Waals surface area contributed by atoms with Crippen molar-refractivity contribution in [2.75, 3.05) is 33.3 Å². The summed E-state index contributed by atoms with van der Waals surface area (Å²) in [6, 6.07) is 16.0. The van der Waals surface area contributed by atoms with E-state index in [4.69, 9.17) is 16.3 Å². The lowest BCUT2D eigenvalue weighted by Crippen LogP contribution is -2.48. The monoisotopic (exact) mass is 400 g/mol. The third kappa shape index (κ3) is 3.81. The van der Waals surface area contributed by atoms with Crippen molar-refractivity contribution in [2.24, 2.45) is 0 Å². The van der Waals surface area contributed by atoms with Crippen LogP contribution >= 0.6 is 22.9 Å². The molecule has 27 heavy (non-hydrogen) atoms. The van der Waals surface area contributed by atoms with Gasteiger partial charge in [-0.05, 0) is 23.8 Å². The minimum absolute atomic E-state index is 0.0437. The summed E-state index contributed by atoms with van der Waals surface area (Å²) in [5.41, 5.74) is 1.22. The Bertz CT molecular complexity index is 964. The van der Waals surface area contributed by atoms with Crippen LogP contribution in [-0.4, -0.2) is 49.0 Å². The first-order valence-corrected chi connectivity index (χ1v) is 10.2. The van der Waals surface area contributed by atoms with Crippen molar-refractivity contribution in [3.05, 3.63) is 64.0 Å². The lowest BCUT2D eigenvalue weighted by Gasteiger charge is -2.34. The number of ether oxygens (including phenoxy) is 1. The fourth-order valence-electron chi connectivity index (χ4n) is 3.43. The zero-order chi connectivity index (χ0) is 18.8. The molecule has 140 valence electrons. The average molecular weight is 401 g/mol. The molecule has 0 aliphatic carbocycles. The van der Waals surface area contributed by atoms with E-state index >= 15 is 0 Å². The summed E-state index contributed by atoms with van der Waals surface area (Å²) in [4.78, 5) is 17.9. The zero-order valence-electron chi connectivity index (χ0n) is 15.2. The van der Waals surface area contributed by atoms with E-state index < -0.39 is 0 Å². The quantitative estimate of drug-likeness (QED) is 0.645. The largest absolute Gasteiger partial charge is 0.497 e. The summed E-state index contributed by atoms with van der Waals surface area (Å²) in [6.45, 7) is 4.00.